The van der Waals surface area contributed by atoms with Gasteiger partial charge in [-0.05, 0) is 51.1 Å². The minimum Gasteiger partial charge on any atom is -0.444 e. The Morgan fingerprint density at radius 3 is 2.69 bits per heavy atom. The maximum atomic E-state index is 14.4. The summed E-state index contributed by atoms with van der Waals surface area (Å²) in [5.41, 5.74) is -0.514. The fraction of sp³-hybridized carbons (Fsp3) is 0.579. The third-order valence-electron chi connectivity index (χ3n) is 5.38. The number of carbonyl (C=O) groups excluding carboxylic acids is 1. The van der Waals surface area contributed by atoms with Gasteiger partial charge in [-0.15, -0.1) is 0 Å². The molecule has 2 aliphatic rings. The first-order valence-electron chi connectivity index (χ1n) is 9.56. The molecule has 4 rings (SSSR count). The van der Waals surface area contributed by atoms with E-state index in [0.717, 1.165) is 19.4 Å². The van der Waals surface area contributed by atoms with Crippen LogP contribution in [0.25, 0.3) is 10.9 Å². The van der Waals surface area contributed by atoms with E-state index >= 15 is 0 Å². The second-order valence-corrected chi connectivity index (χ2v) is 9.16. The highest BCUT2D eigenvalue weighted by atomic mass is 35.5. The number of pyridine rings is 1. The van der Waals surface area contributed by atoms with E-state index in [1.165, 1.54) is 6.20 Å². The van der Waals surface area contributed by atoms with Crippen LogP contribution in [0.3, 0.4) is 0 Å². The molecule has 0 radical (unpaired) electrons. The van der Waals surface area contributed by atoms with E-state index in [1.54, 1.807) is 4.90 Å². The van der Waals surface area contributed by atoms with Gasteiger partial charge in [-0.1, -0.05) is 11.6 Å². The van der Waals surface area contributed by atoms with Crippen LogP contribution in [-0.4, -0.2) is 57.2 Å². The van der Waals surface area contributed by atoms with Crippen LogP contribution in [0, 0.1) is 11.7 Å². The molecule has 2 atom stereocenters. The van der Waals surface area contributed by atoms with Crippen LogP contribution in [0.5, 0.6) is 0 Å². The van der Waals surface area contributed by atoms with Crippen molar-refractivity contribution in [1.29, 1.82) is 0 Å². The first kappa shape index (κ1) is 20.3. The van der Waals surface area contributed by atoms with Gasteiger partial charge in [0.1, 0.15) is 16.9 Å². The summed E-state index contributed by atoms with van der Waals surface area (Å²) in [5, 5.41) is 0.117. The third kappa shape index (κ3) is 3.92. The molecule has 1 amide bonds. The molecule has 2 aromatic rings. The second kappa shape index (κ2) is 7.40. The first-order chi connectivity index (χ1) is 13.6. The zero-order valence-corrected chi connectivity index (χ0v) is 18.0. The van der Waals surface area contributed by atoms with E-state index in [9.17, 15) is 9.18 Å². The summed E-state index contributed by atoms with van der Waals surface area (Å²) in [6.07, 6.45) is 2.97. The van der Waals surface area contributed by atoms with Gasteiger partial charge in [0.05, 0.1) is 11.4 Å². The molecule has 0 N–H and O–H groups in total. The molecule has 0 aliphatic carbocycles. The molecule has 7 nitrogen and oxygen atoms in total. The molecule has 2 saturated heterocycles. The average Bonchev–Trinajstić information content (AvgIpc) is 3.06. The summed E-state index contributed by atoms with van der Waals surface area (Å²) in [7, 11) is 0. The number of likely N-dealkylation sites (tertiary alicyclic amines) is 1. The van der Waals surface area contributed by atoms with Crippen LogP contribution in [0.15, 0.2) is 6.20 Å². The van der Waals surface area contributed by atoms with Crippen LogP contribution in [0.4, 0.5) is 15.0 Å². The molecule has 0 unspecified atom stereocenters. The van der Waals surface area contributed by atoms with Crippen LogP contribution >= 0.6 is 23.2 Å². The summed E-state index contributed by atoms with van der Waals surface area (Å²) in [5.74, 6) is 0.171. The fourth-order valence-corrected chi connectivity index (χ4v) is 4.42. The van der Waals surface area contributed by atoms with Gasteiger partial charge in [0, 0.05) is 25.8 Å². The lowest BCUT2D eigenvalue weighted by Gasteiger charge is -2.39. The minimum atomic E-state index is -0.721. The lowest BCUT2D eigenvalue weighted by molar-refractivity contribution is 0.0203. The van der Waals surface area contributed by atoms with Crippen molar-refractivity contribution in [3.63, 3.8) is 0 Å². The molecular weight excluding hydrogens is 420 g/mol. The molecule has 156 valence electrons. The number of hydrogen-bond acceptors (Lipinski definition) is 6. The molecule has 0 spiro atoms. The number of ether oxygens (including phenoxy) is 1. The monoisotopic (exact) mass is 441 g/mol. The Balaban J connectivity index is 1.65. The lowest BCUT2D eigenvalue weighted by atomic mass is 9.92. The summed E-state index contributed by atoms with van der Waals surface area (Å²) >= 11 is 11.9. The van der Waals surface area contributed by atoms with Crippen molar-refractivity contribution in [3.8, 4) is 0 Å². The van der Waals surface area contributed by atoms with E-state index in [-0.39, 0.29) is 28.1 Å². The average molecular weight is 442 g/mol. The van der Waals surface area contributed by atoms with Crippen molar-refractivity contribution in [3.05, 3.63) is 22.5 Å². The van der Waals surface area contributed by atoms with Crippen LogP contribution < -0.4 is 4.90 Å². The highest BCUT2D eigenvalue weighted by molar-refractivity contribution is 6.31. The predicted molar refractivity (Wildman–Crippen MR) is 109 cm³/mol. The van der Waals surface area contributed by atoms with E-state index < -0.39 is 11.4 Å². The maximum Gasteiger partial charge on any atom is 0.410 e. The van der Waals surface area contributed by atoms with Crippen LogP contribution in [0.2, 0.25) is 10.4 Å². The van der Waals surface area contributed by atoms with Crippen molar-refractivity contribution >= 4 is 46.0 Å². The van der Waals surface area contributed by atoms with E-state index in [0.29, 0.717) is 30.2 Å². The van der Waals surface area contributed by atoms with Gasteiger partial charge in [0.25, 0.3) is 0 Å². The molecule has 0 saturated carbocycles. The van der Waals surface area contributed by atoms with Crippen molar-refractivity contribution in [2.24, 2.45) is 5.92 Å². The molecule has 0 aromatic carbocycles. The molecule has 2 aromatic heterocycles. The summed E-state index contributed by atoms with van der Waals surface area (Å²) in [6.45, 7) is 7.50. The van der Waals surface area contributed by atoms with E-state index in [4.69, 9.17) is 27.9 Å². The molecule has 2 fully saturated rings. The fourth-order valence-electron chi connectivity index (χ4n) is 4.11. The SMILES string of the molecule is CC(C)(C)OC(=O)N1CC[C@@H]2CCN(c3nc(Cl)c(F)c4nc(Cl)ncc34)C[C@@H]21. The number of aromatic nitrogens is 3. The van der Waals surface area contributed by atoms with E-state index in [1.807, 2.05) is 25.7 Å². The highest BCUT2D eigenvalue weighted by Crippen LogP contribution is 2.37. The molecule has 10 heteroatoms. The van der Waals surface area contributed by atoms with Crippen molar-refractivity contribution in [1.82, 2.24) is 19.9 Å². The Morgan fingerprint density at radius 2 is 1.97 bits per heavy atom. The number of carbonyl (C=O) groups is 1. The number of fused-ring (bicyclic) bond motifs is 2. The Hall–Kier alpha value is -1.93. The first-order valence-corrected chi connectivity index (χ1v) is 10.3. The van der Waals surface area contributed by atoms with E-state index in [2.05, 4.69) is 15.0 Å². The zero-order valence-electron chi connectivity index (χ0n) is 16.5. The van der Waals surface area contributed by atoms with Crippen molar-refractivity contribution < 1.29 is 13.9 Å². The maximum absolute atomic E-state index is 14.4. The largest absolute Gasteiger partial charge is 0.444 e. The topological polar surface area (TPSA) is 71.5 Å². The van der Waals surface area contributed by atoms with Gasteiger partial charge < -0.3 is 14.5 Å². The lowest BCUT2D eigenvalue weighted by Crippen LogP contribution is -2.51. The summed E-state index contributed by atoms with van der Waals surface area (Å²) in [4.78, 5) is 28.7. The standard InChI is InChI=1S/C19H22Cl2FN5O2/c1-19(2,3)29-18(28)27-7-5-10-4-6-26(9-12(10)27)16-11-8-23-17(21)24-14(11)13(22)15(20)25-16/h8,10,12H,4-7,9H2,1-3H3/t10-,12-/m0/s1. The van der Waals surface area contributed by atoms with Gasteiger partial charge in [0.15, 0.2) is 11.0 Å². The number of hydrogen-bond donors (Lipinski definition) is 0. The van der Waals surface area contributed by atoms with Gasteiger partial charge >= 0.3 is 6.09 Å². The van der Waals surface area contributed by atoms with Gasteiger partial charge in [0.2, 0.25) is 5.28 Å². The number of rotatable bonds is 1. The molecule has 4 heterocycles. The minimum absolute atomic E-state index is 0.00695. The highest BCUT2D eigenvalue weighted by Gasteiger charge is 2.42. The second-order valence-electron chi connectivity index (χ2n) is 8.47. The Morgan fingerprint density at radius 1 is 1.24 bits per heavy atom. The zero-order chi connectivity index (χ0) is 20.9. The van der Waals surface area contributed by atoms with Crippen LogP contribution in [0.1, 0.15) is 33.6 Å². The van der Waals surface area contributed by atoms with Gasteiger partial charge in [-0.25, -0.2) is 24.1 Å². The molecular formula is C19H22Cl2FN5O2. The van der Waals surface area contributed by atoms with Crippen molar-refractivity contribution in [2.75, 3.05) is 24.5 Å². The third-order valence-corrected chi connectivity index (χ3v) is 5.82. The number of amides is 1. The Labute approximate surface area is 178 Å². The Bertz CT molecular complexity index is 968. The normalized spacial score (nSPS) is 22.1. The summed E-state index contributed by atoms with van der Waals surface area (Å²) < 4.78 is 20.0. The number of piperidine rings is 1. The van der Waals surface area contributed by atoms with Crippen LogP contribution in [-0.2, 0) is 4.74 Å². The number of halogens is 3. The number of anilines is 1. The molecule has 29 heavy (non-hydrogen) atoms. The van der Waals surface area contributed by atoms with Gasteiger partial charge in [-0.2, -0.15) is 0 Å². The number of nitrogens with zero attached hydrogens (tertiary/aromatic N) is 5. The quantitative estimate of drug-likeness (QED) is 0.484. The van der Waals surface area contributed by atoms with Gasteiger partial charge in [-0.3, -0.25) is 0 Å². The predicted octanol–water partition coefficient (Wildman–Crippen LogP) is 4.31. The smallest absolute Gasteiger partial charge is 0.410 e. The van der Waals surface area contributed by atoms with Crippen molar-refractivity contribution in [2.45, 2.75) is 45.3 Å². The summed E-state index contributed by atoms with van der Waals surface area (Å²) in [6, 6.07) is -0.00695. The molecule has 2 aliphatic heterocycles. The Kier molecular flexibility index (Phi) is 5.19. The molecule has 0 bridgehead atoms.